The first-order valence-electron chi connectivity index (χ1n) is 9.53. The summed E-state index contributed by atoms with van der Waals surface area (Å²) < 4.78 is 4.97. The topological polar surface area (TPSA) is 96.0 Å². The summed E-state index contributed by atoms with van der Waals surface area (Å²) >= 11 is 0. The van der Waals surface area contributed by atoms with Crippen LogP contribution in [0.2, 0.25) is 0 Å². The number of piperazine rings is 1. The van der Waals surface area contributed by atoms with Crippen LogP contribution in [0.4, 0.5) is 10.5 Å². The molecule has 1 aromatic rings. The largest absolute Gasteiger partial charge is 0.450 e. The fraction of sp³-hybridized carbons (Fsp3) is 0.500. The van der Waals surface area contributed by atoms with Gasteiger partial charge in [-0.2, -0.15) is 0 Å². The molecular weight excluding hydrogens is 362 g/mol. The SMILES string of the molecule is CCOC(=O)N1CCN(C(=O)C2CC2C(=O)Nc2ccc(C(C)=O)cc2)CC1. The van der Waals surface area contributed by atoms with Crippen LogP contribution in [0.3, 0.4) is 0 Å². The first-order chi connectivity index (χ1) is 13.4. The zero-order valence-electron chi connectivity index (χ0n) is 16.1. The van der Waals surface area contributed by atoms with Gasteiger partial charge in [0.2, 0.25) is 11.8 Å². The predicted octanol–water partition coefficient (Wildman–Crippen LogP) is 1.76. The summed E-state index contributed by atoms with van der Waals surface area (Å²) in [4.78, 5) is 51.3. The number of Topliss-reactive ketones (excluding diaryl/α,β-unsaturated/α-hetero) is 1. The summed E-state index contributed by atoms with van der Waals surface area (Å²) in [5, 5.41) is 2.80. The maximum atomic E-state index is 12.6. The van der Waals surface area contributed by atoms with Gasteiger partial charge in [-0.1, -0.05) is 0 Å². The van der Waals surface area contributed by atoms with Gasteiger partial charge in [-0.3, -0.25) is 14.4 Å². The first kappa shape index (κ1) is 19.9. The van der Waals surface area contributed by atoms with Gasteiger partial charge in [0, 0.05) is 37.4 Å². The van der Waals surface area contributed by atoms with Crippen LogP contribution < -0.4 is 5.32 Å². The molecule has 8 nitrogen and oxygen atoms in total. The van der Waals surface area contributed by atoms with Crippen LogP contribution in [-0.2, 0) is 14.3 Å². The molecule has 2 fully saturated rings. The van der Waals surface area contributed by atoms with Crippen LogP contribution in [0, 0.1) is 11.8 Å². The molecule has 2 atom stereocenters. The molecule has 2 aliphatic rings. The third-order valence-electron chi connectivity index (χ3n) is 5.12. The molecule has 1 saturated heterocycles. The van der Waals surface area contributed by atoms with Crippen molar-refractivity contribution in [1.29, 1.82) is 0 Å². The van der Waals surface area contributed by atoms with Crippen molar-refractivity contribution in [3.63, 3.8) is 0 Å². The summed E-state index contributed by atoms with van der Waals surface area (Å²) in [5.41, 5.74) is 1.19. The predicted molar refractivity (Wildman–Crippen MR) is 102 cm³/mol. The summed E-state index contributed by atoms with van der Waals surface area (Å²) in [6.07, 6.45) is 0.183. The van der Waals surface area contributed by atoms with Crippen molar-refractivity contribution >= 4 is 29.4 Å². The van der Waals surface area contributed by atoms with Gasteiger partial charge in [0.1, 0.15) is 0 Å². The highest BCUT2D eigenvalue weighted by Gasteiger charge is 2.49. The minimum atomic E-state index is -0.353. The molecule has 0 bridgehead atoms. The molecule has 150 valence electrons. The van der Waals surface area contributed by atoms with E-state index in [0.29, 0.717) is 50.5 Å². The third-order valence-corrected chi connectivity index (χ3v) is 5.12. The zero-order chi connectivity index (χ0) is 20.3. The Balaban J connectivity index is 1.47. The van der Waals surface area contributed by atoms with E-state index in [1.807, 2.05) is 0 Å². The molecule has 0 radical (unpaired) electrons. The maximum absolute atomic E-state index is 12.6. The summed E-state index contributed by atoms with van der Waals surface area (Å²) in [6.45, 7) is 5.36. The molecule has 1 heterocycles. The van der Waals surface area contributed by atoms with Gasteiger partial charge in [-0.05, 0) is 44.5 Å². The number of amides is 3. The molecule has 1 saturated carbocycles. The second-order valence-electron chi connectivity index (χ2n) is 7.08. The number of carbonyl (C=O) groups excluding carboxylic acids is 4. The Bertz CT molecular complexity index is 769. The lowest BCUT2D eigenvalue weighted by atomic mass is 10.1. The van der Waals surface area contributed by atoms with E-state index in [1.54, 1.807) is 41.0 Å². The molecule has 1 aliphatic carbocycles. The van der Waals surface area contributed by atoms with Crippen molar-refractivity contribution in [2.75, 3.05) is 38.1 Å². The Labute approximate surface area is 163 Å². The van der Waals surface area contributed by atoms with Gasteiger partial charge in [-0.15, -0.1) is 0 Å². The van der Waals surface area contributed by atoms with E-state index in [9.17, 15) is 19.2 Å². The lowest BCUT2D eigenvalue weighted by Gasteiger charge is -2.34. The van der Waals surface area contributed by atoms with Crippen LogP contribution >= 0.6 is 0 Å². The van der Waals surface area contributed by atoms with E-state index >= 15 is 0 Å². The molecule has 1 aromatic carbocycles. The molecule has 28 heavy (non-hydrogen) atoms. The Morgan fingerprint density at radius 2 is 1.61 bits per heavy atom. The zero-order valence-corrected chi connectivity index (χ0v) is 16.1. The molecule has 3 rings (SSSR count). The molecule has 1 aliphatic heterocycles. The number of nitrogens with one attached hydrogen (secondary N) is 1. The Hall–Kier alpha value is -2.90. The monoisotopic (exact) mass is 387 g/mol. The molecule has 0 aromatic heterocycles. The Kier molecular flexibility index (Phi) is 5.96. The minimum absolute atomic E-state index is 0.0319. The van der Waals surface area contributed by atoms with Crippen LogP contribution in [0.15, 0.2) is 24.3 Å². The average Bonchev–Trinajstić information content (AvgIpc) is 3.49. The molecule has 8 heteroatoms. The smallest absolute Gasteiger partial charge is 0.409 e. The van der Waals surface area contributed by atoms with Gasteiger partial charge in [-0.25, -0.2) is 4.79 Å². The number of ketones is 1. The van der Waals surface area contributed by atoms with Crippen LogP contribution in [-0.4, -0.2) is 66.3 Å². The van der Waals surface area contributed by atoms with Gasteiger partial charge >= 0.3 is 6.09 Å². The van der Waals surface area contributed by atoms with Gasteiger partial charge in [0.25, 0.3) is 0 Å². The van der Waals surface area contributed by atoms with E-state index in [1.165, 1.54) is 6.92 Å². The summed E-state index contributed by atoms with van der Waals surface area (Å²) in [6, 6.07) is 6.69. The number of hydrogen-bond acceptors (Lipinski definition) is 5. The number of hydrogen-bond donors (Lipinski definition) is 1. The van der Waals surface area contributed by atoms with Crippen molar-refractivity contribution < 1.29 is 23.9 Å². The fourth-order valence-electron chi connectivity index (χ4n) is 3.34. The van der Waals surface area contributed by atoms with Crippen molar-refractivity contribution in [3.8, 4) is 0 Å². The number of rotatable bonds is 5. The lowest BCUT2D eigenvalue weighted by molar-refractivity contribution is -0.135. The van der Waals surface area contributed by atoms with E-state index in [0.717, 1.165) is 0 Å². The first-order valence-corrected chi connectivity index (χ1v) is 9.53. The highest BCUT2D eigenvalue weighted by Crippen LogP contribution is 2.41. The Morgan fingerprint density at radius 3 is 2.18 bits per heavy atom. The molecule has 2 unspecified atom stereocenters. The number of benzene rings is 1. The van der Waals surface area contributed by atoms with Crippen molar-refractivity contribution in [2.24, 2.45) is 11.8 Å². The normalized spacial score (nSPS) is 21.1. The van der Waals surface area contributed by atoms with Crippen molar-refractivity contribution in [1.82, 2.24) is 9.80 Å². The van der Waals surface area contributed by atoms with E-state index in [-0.39, 0.29) is 35.5 Å². The Morgan fingerprint density at radius 1 is 1.00 bits per heavy atom. The lowest BCUT2D eigenvalue weighted by Crippen LogP contribution is -2.51. The minimum Gasteiger partial charge on any atom is -0.450 e. The van der Waals surface area contributed by atoms with E-state index in [2.05, 4.69) is 5.32 Å². The number of carbonyl (C=O) groups is 4. The van der Waals surface area contributed by atoms with E-state index in [4.69, 9.17) is 4.74 Å². The average molecular weight is 387 g/mol. The van der Waals surface area contributed by atoms with E-state index < -0.39 is 0 Å². The fourth-order valence-corrected chi connectivity index (χ4v) is 3.34. The van der Waals surface area contributed by atoms with Crippen LogP contribution in [0.25, 0.3) is 0 Å². The highest BCUT2D eigenvalue weighted by molar-refractivity contribution is 6.00. The number of ether oxygens (including phenoxy) is 1. The molecule has 3 amide bonds. The quantitative estimate of drug-likeness (QED) is 0.777. The molecule has 1 N–H and O–H groups in total. The second-order valence-corrected chi connectivity index (χ2v) is 7.08. The summed E-state index contributed by atoms with van der Waals surface area (Å²) in [7, 11) is 0. The van der Waals surface area contributed by atoms with Crippen LogP contribution in [0.5, 0.6) is 0 Å². The van der Waals surface area contributed by atoms with Gasteiger partial charge < -0.3 is 19.9 Å². The highest BCUT2D eigenvalue weighted by atomic mass is 16.6. The summed E-state index contributed by atoms with van der Waals surface area (Å²) in [5.74, 6) is -0.878. The molecule has 0 spiro atoms. The van der Waals surface area contributed by atoms with Crippen molar-refractivity contribution in [3.05, 3.63) is 29.8 Å². The third kappa shape index (κ3) is 4.49. The second kappa shape index (κ2) is 8.41. The van der Waals surface area contributed by atoms with Crippen molar-refractivity contribution in [2.45, 2.75) is 20.3 Å². The number of nitrogens with zero attached hydrogens (tertiary/aromatic N) is 2. The number of anilines is 1. The van der Waals surface area contributed by atoms with Crippen LogP contribution in [0.1, 0.15) is 30.6 Å². The van der Waals surface area contributed by atoms with Gasteiger partial charge in [0.05, 0.1) is 18.4 Å². The maximum Gasteiger partial charge on any atom is 0.409 e. The standard InChI is InChI=1S/C20H25N3O5/c1-3-28-20(27)23-10-8-22(9-11-23)19(26)17-12-16(17)18(25)21-15-6-4-14(5-7-15)13(2)24/h4-7,16-17H,3,8-12H2,1-2H3,(H,21,25). The molecular formula is C20H25N3O5. The van der Waals surface area contributed by atoms with Gasteiger partial charge in [0.15, 0.2) is 5.78 Å².